The standard InChI is InChI=1S/C30H41N7O5/c1-5-20-25(34-10-11-35(28(40)41-4)22-7-6-21(22)34)26(39)24-27(33-37(32-24)19-8-12-42-13-9-19)36(20)14-23(38)31-30-15-29(16-30,17-30)18(2)3/h8,18,21-22H,5-7,9-17H2,1-4H3,(H,31,38)/t21-,22-,29?,30?/m0/s1. The molecule has 2 amide bonds. The Kier molecular flexibility index (Phi) is 6.41. The number of ether oxygens (including phenoxy) is 2. The van der Waals surface area contributed by atoms with Crippen LogP contribution in [0.4, 0.5) is 10.5 Å². The van der Waals surface area contributed by atoms with E-state index in [-0.39, 0.29) is 47.1 Å². The van der Waals surface area contributed by atoms with E-state index in [0.717, 1.165) is 43.5 Å². The number of anilines is 1. The molecule has 6 aliphatic rings. The molecule has 2 aliphatic heterocycles. The van der Waals surface area contributed by atoms with Crippen LogP contribution in [0.15, 0.2) is 10.9 Å². The minimum Gasteiger partial charge on any atom is -0.453 e. The molecule has 8 rings (SSSR count). The molecular weight excluding hydrogens is 538 g/mol. The molecule has 1 N–H and O–H groups in total. The Morgan fingerprint density at radius 3 is 2.55 bits per heavy atom. The fourth-order valence-electron chi connectivity index (χ4n) is 8.23. The summed E-state index contributed by atoms with van der Waals surface area (Å²) in [5.74, 6) is 0.558. The van der Waals surface area contributed by atoms with Crippen molar-refractivity contribution in [3.63, 3.8) is 0 Å². The molecule has 2 aromatic rings. The lowest BCUT2D eigenvalue weighted by Crippen LogP contribution is -2.76. The lowest BCUT2D eigenvalue weighted by molar-refractivity contribution is -0.187. The highest BCUT2D eigenvalue weighted by molar-refractivity contribution is 5.83. The monoisotopic (exact) mass is 579 g/mol. The van der Waals surface area contributed by atoms with E-state index >= 15 is 0 Å². The van der Waals surface area contributed by atoms with Gasteiger partial charge in [0.15, 0.2) is 11.2 Å². The van der Waals surface area contributed by atoms with Gasteiger partial charge >= 0.3 is 6.09 Å². The molecule has 4 saturated carbocycles. The number of nitrogens with one attached hydrogen (secondary N) is 1. The predicted octanol–water partition coefficient (Wildman–Crippen LogP) is 2.53. The maximum absolute atomic E-state index is 14.3. The molecule has 226 valence electrons. The van der Waals surface area contributed by atoms with Gasteiger partial charge in [-0.25, -0.2) is 4.79 Å². The number of nitrogens with zero attached hydrogens (tertiary/aromatic N) is 6. The van der Waals surface area contributed by atoms with Crippen molar-refractivity contribution >= 4 is 34.5 Å². The zero-order valence-electron chi connectivity index (χ0n) is 25.0. The number of piperazine rings is 1. The van der Waals surface area contributed by atoms with Gasteiger partial charge in [-0.2, -0.15) is 4.80 Å². The number of carbonyl (C=O) groups is 2. The first kappa shape index (κ1) is 27.4. The molecule has 2 bridgehead atoms. The molecule has 4 heterocycles. The van der Waals surface area contributed by atoms with Gasteiger partial charge in [-0.3, -0.25) is 9.59 Å². The molecule has 42 heavy (non-hydrogen) atoms. The van der Waals surface area contributed by atoms with E-state index in [1.807, 2.05) is 17.6 Å². The summed E-state index contributed by atoms with van der Waals surface area (Å²) in [7, 11) is 1.40. The Morgan fingerprint density at radius 2 is 1.93 bits per heavy atom. The summed E-state index contributed by atoms with van der Waals surface area (Å²) in [6.45, 7) is 8.63. The van der Waals surface area contributed by atoms with Gasteiger partial charge in [0, 0.05) is 36.8 Å². The quantitative estimate of drug-likeness (QED) is 0.531. The van der Waals surface area contributed by atoms with E-state index in [1.165, 1.54) is 7.11 Å². The molecule has 12 heteroatoms. The second kappa shape index (κ2) is 9.82. The van der Waals surface area contributed by atoms with Gasteiger partial charge < -0.3 is 29.2 Å². The highest BCUT2D eigenvalue weighted by Gasteiger charge is 2.69. The Labute approximate surface area is 245 Å². The largest absolute Gasteiger partial charge is 0.453 e. The fraction of sp³-hybridized carbons (Fsp3) is 0.700. The van der Waals surface area contributed by atoms with Crippen molar-refractivity contribution in [3.8, 4) is 0 Å². The van der Waals surface area contributed by atoms with Crippen LogP contribution in [-0.4, -0.2) is 87.5 Å². The summed E-state index contributed by atoms with van der Waals surface area (Å²) >= 11 is 0. The van der Waals surface area contributed by atoms with Crippen molar-refractivity contribution in [2.75, 3.05) is 38.3 Å². The van der Waals surface area contributed by atoms with Gasteiger partial charge in [-0.1, -0.05) is 20.8 Å². The first-order valence-electron chi connectivity index (χ1n) is 15.4. The first-order chi connectivity index (χ1) is 20.2. The number of methoxy groups -OCH3 is 1. The molecule has 0 radical (unpaired) electrons. The van der Waals surface area contributed by atoms with Crippen molar-refractivity contribution in [1.29, 1.82) is 0 Å². The van der Waals surface area contributed by atoms with Gasteiger partial charge in [0.05, 0.1) is 32.1 Å². The normalized spacial score (nSPS) is 29.8. The fourth-order valence-corrected chi connectivity index (χ4v) is 8.23. The van der Waals surface area contributed by atoms with Crippen molar-refractivity contribution < 1.29 is 19.1 Å². The third-order valence-corrected chi connectivity index (χ3v) is 10.7. The maximum Gasteiger partial charge on any atom is 0.409 e. The predicted molar refractivity (Wildman–Crippen MR) is 156 cm³/mol. The SMILES string of the molecule is CCc1c(N2CCN(C(=O)OC)[C@H]3CC[C@@H]32)c(=O)c2nn(C3=CCOCC3)nc2n1CC(=O)NC12CC(C(C)C)(C1)C2. The van der Waals surface area contributed by atoms with E-state index in [9.17, 15) is 14.4 Å². The number of amides is 2. The number of hydrogen-bond donors (Lipinski definition) is 1. The molecule has 0 aromatic carbocycles. The minimum absolute atomic E-state index is 0.0108. The number of carbonyl (C=O) groups excluding carboxylic acids is 2. The number of fused-ring (bicyclic) bond motifs is 2. The third-order valence-electron chi connectivity index (χ3n) is 10.7. The van der Waals surface area contributed by atoms with Crippen molar-refractivity contribution in [1.82, 2.24) is 29.8 Å². The highest BCUT2D eigenvalue weighted by Crippen LogP contribution is 2.70. The van der Waals surface area contributed by atoms with Crippen LogP contribution in [0.25, 0.3) is 16.9 Å². The number of aromatic nitrogens is 4. The average molecular weight is 580 g/mol. The molecule has 2 atom stereocenters. The first-order valence-corrected chi connectivity index (χ1v) is 15.4. The van der Waals surface area contributed by atoms with Crippen LogP contribution in [0.1, 0.15) is 65.0 Å². The molecule has 5 fully saturated rings. The van der Waals surface area contributed by atoms with Crippen molar-refractivity contribution in [2.45, 2.75) is 89.9 Å². The smallest absolute Gasteiger partial charge is 0.409 e. The van der Waals surface area contributed by atoms with E-state index in [2.05, 4.69) is 24.1 Å². The zero-order chi connectivity index (χ0) is 29.4. The second-order valence-electron chi connectivity index (χ2n) is 13.2. The van der Waals surface area contributed by atoms with Crippen LogP contribution in [0.3, 0.4) is 0 Å². The zero-order valence-corrected chi connectivity index (χ0v) is 25.0. The molecule has 4 aliphatic carbocycles. The van der Waals surface area contributed by atoms with Crippen molar-refractivity contribution in [3.05, 3.63) is 22.0 Å². The topological polar surface area (TPSA) is 124 Å². The summed E-state index contributed by atoms with van der Waals surface area (Å²) in [4.78, 5) is 45.8. The lowest BCUT2D eigenvalue weighted by atomic mass is 9.36. The molecular formula is C30H41N7O5. The molecule has 0 unspecified atom stereocenters. The van der Waals surface area contributed by atoms with Gasteiger partial charge in [0.1, 0.15) is 12.2 Å². The summed E-state index contributed by atoms with van der Waals surface area (Å²) in [5, 5.41) is 12.8. The maximum atomic E-state index is 14.3. The van der Waals surface area contributed by atoms with Gasteiger partial charge in [-0.05, 0) is 55.9 Å². The summed E-state index contributed by atoms with van der Waals surface area (Å²) in [6, 6.07) is 0.000191. The van der Waals surface area contributed by atoms with Crippen LogP contribution in [0, 0.1) is 11.3 Å². The Morgan fingerprint density at radius 1 is 1.17 bits per heavy atom. The summed E-state index contributed by atoms with van der Waals surface area (Å²) in [6.07, 6.45) is 7.64. The van der Waals surface area contributed by atoms with E-state index in [1.54, 1.807) is 9.70 Å². The summed E-state index contributed by atoms with van der Waals surface area (Å²) < 4.78 is 12.4. The molecule has 0 spiro atoms. The van der Waals surface area contributed by atoms with E-state index < -0.39 is 0 Å². The van der Waals surface area contributed by atoms with E-state index in [4.69, 9.17) is 19.7 Å². The van der Waals surface area contributed by atoms with Crippen molar-refractivity contribution in [2.24, 2.45) is 11.3 Å². The van der Waals surface area contributed by atoms with Crippen LogP contribution < -0.4 is 15.6 Å². The van der Waals surface area contributed by atoms with Crippen LogP contribution >= 0.6 is 0 Å². The molecule has 2 aromatic heterocycles. The average Bonchev–Trinajstić information content (AvgIpc) is 3.37. The lowest BCUT2D eigenvalue weighted by Gasteiger charge is -2.72. The number of pyridine rings is 1. The number of rotatable bonds is 7. The summed E-state index contributed by atoms with van der Waals surface area (Å²) in [5.41, 5.74) is 3.04. The van der Waals surface area contributed by atoms with Crippen LogP contribution in [0.2, 0.25) is 0 Å². The van der Waals surface area contributed by atoms with Gasteiger partial charge in [0.2, 0.25) is 11.3 Å². The third kappa shape index (κ3) is 4.00. The minimum atomic E-state index is -0.329. The second-order valence-corrected chi connectivity index (χ2v) is 13.2. The Bertz CT molecular complexity index is 1520. The highest BCUT2D eigenvalue weighted by atomic mass is 16.5. The van der Waals surface area contributed by atoms with Crippen LogP contribution in [-0.2, 0) is 27.2 Å². The molecule has 12 nitrogen and oxygen atoms in total. The Hall–Kier alpha value is -3.41. The van der Waals surface area contributed by atoms with Crippen LogP contribution in [0.5, 0.6) is 0 Å². The molecule has 1 saturated heterocycles. The van der Waals surface area contributed by atoms with E-state index in [0.29, 0.717) is 61.8 Å². The number of hydrogen-bond acceptors (Lipinski definition) is 8. The van der Waals surface area contributed by atoms with Gasteiger partial charge in [0.25, 0.3) is 0 Å². The van der Waals surface area contributed by atoms with Gasteiger partial charge in [-0.15, -0.1) is 10.2 Å². The Balaban J connectivity index is 1.27.